The number of hydrogen-bond acceptors (Lipinski definition) is 3. The zero-order chi connectivity index (χ0) is 18.8. The molecule has 0 saturated heterocycles. The summed E-state index contributed by atoms with van der Waals surface area (Å²) in [6, 6.07) is 11.6. The van der Waals surface area contributed by atoms with Gasteiger partial charge in [-0.05, 0) is 42.5 Å². The number of halogens is 2. The largest absolute Gasteiger partial charge is 0.356 e. The number of nitrogens with zero attached hydrogens (tertiary/aromatic N) is 2. The van der Waals surface area contributed by atoms with Gasteiger partial charge in [-0.3, -0.25) is 9.79 Å². The van der Waals surface area contributed by atoms with Crippen LogP contribution in [-0.2, 0) is 6.42 Å². The molecule has 0 saturated carbocycles. The van der Waals surface area contributed by atoms with Gasteiger partial charge in [-0.1, -0.05) is 28.1 Å². The zero-order valence-electron chi connectivity index (χ0n) is 15.6. The van der Waals surface area contributed by atoms with Gasteiger partial charge in [0.15, 0.2) is 5.96 Å². The fourth-order valence-electron chi connectivity index (χ4n) is 2.45. The maximum atomic E-state index is 12.1. The van der Waals surface area contributed by atoms with Crippen molar-refractivity contribution in [1.29, 1.82) is 0 Å². The molecule has 0 aliphatic carbocycles. The molecule has 1 amide bonds. The number of thiophene rings is 1. The number of carbonyl (C=O) groups is 1. The van der Waals surface area contributed by atoms with E-state index in [1.165, 1.54) is 4.88 Å². The number of carbonyl (C=O) groups excluding carboxylic acids is 1. The quantitative estimate of drug-likeness (QED) is 0.220. The number of amides is 1. The van der Waals surface area contributed by atoms with Gasteiger partial charge in [-0.15, -0.1) is 35.3 Å². The van der Waals surface area contributed by atoms with E-state index >= 15 is 0 Å². The molecule has 0 aliphatic rings. The Hall–Kier alpha value is -1.13. The Labute approximate surface area is 190 Å². The second-order valence-electron chi connectivity index (χ2n) is 5.84. The van der Waals surface area contributed by atoms with Crippen LogP contribution in [0, 0.1) is 0 Å². The monoisotopic (exact) mass is 564 g/mol. The zero-order valence-corrected chi connectivity index (χ0v) is 20.3. The lowest BCUT2D eigenvalue weighted by Gasteiger charge is -2.21. The lowest BCUT2D eigenvalue weighted by atomic mass is 10.2. The summed E-state index contributed by atoms with van der Waals surface area (Å²) in [6.07, 6.45) is 1.84. The first-order valence-electron chi connectivity index (χ1n) is 8.58. The highest BCUT2D eigenvalue weighted by molar-refractivity contribution is 14.0. The SMILES string of the molecule is CN=C(NCCCNC(=O)c1cccc(Br)c1)N(C)CCc1cccs1.I. The van der Waals surface area contributed by atoms with E-state index in [0.717, 1.165) is 36.4 Å². The summed E-state index contributed by atoms with van der Waals surface area (Å²) in [5.74, 6) is 0.823. The Morgan fingerprint density at radius 1 is 1.22 bits per heavy atom. The molecule has 148 valence electrons. The van der Waals surface area contributed by atoms with Gasteiger partial charge < -0.3 is 15.5 Å². The predicted octanol–water partition coefficient (Wildman–Crippen LogP) is 4.00. The predicted molar refractivity (Wildman–Crippen MR) is 129 cm³/mol. The van der Waals surface area contributed by atoms with Crippen molar-refractivity contribution in [3.8, 4) is 0 Å². The smallest absolute Gasteiger partial charge is 0.251 e. The van der Waals surface area contributed by atoms with Crippen molar-refractivity contribution in [2.24, 2.45) is 4.99 Å². The van der Waals surface area contributed by atoms with Gasteiger partial charge in [0, 0.05) is 48.6 Å². The Morgan fingerprint density at radius 3 is 2.67 bits per heavy atom. The number of nitrogens with one attached hydrogen (secondary N) is 2. The number of hydrogen-bond donors (Lipinski definition) is 2. The summed E-state index contributed by atoms with van der Waals surface area (Å²) in [5.41, 5.74) is 0.663. The molecule has 0 atom stereocenters. The van der Waals surface area contributed by atoms with Crippen LogP contribution < -0.4 is 10.6 Å². The van der Waals surface area contributed by atoms with Crippen molar-refractivity contribution in [2.45, 2.75) is 12.8 Å². The van der Waals surface area contributed by atoms with E-state index in [4.69, 9.17) is 0 Å². The molecule has 1 aromatic heterocycles. The van der Waals surface area contributed by atoms with Crippen LogP contribution in [0.3, 0.4) is 0 Å². The van der Waals surface area contributed by atoms with Crippen molar-refractivity contribution in [3.05, 3.63) is 56.7 Å². The van der Waals surface area contributed by atoms with Crippen LogP contribution in [0.1, 0.15) is 21.7 Å². The second-order valence-corrected chi connectivity index (χ2v) is 7.79. The van der Waals surface area contributed by atoms with E-state index in [1.54, 1.807) is 18.4 Å². The van der Waals surface area contributed by atoms with Gasteiger partial charge in [-0.25, -0.2) is 0 Å². The number of benzene rings is 1. The molecule has 0 unspecified atom stereocenters. The van der Waals surface area contributed by atoms with Crippen LogP contribution >= 0.6 is 51.2 Å². The topological polar surface area (TPSA) is 56.7 Å². The second kappa shape index (κ2) is 13.1. The molecule has 2 aromatic rings. The first-order valence-corrected chi connectivity index (χ1v) is 10.3. The van der Waals surface area contributed by atoms with Crippen LogP contribution in [0.5, 0.6) is 0 Å². The van der Waals surface area contributed by atoms with Crippen molar-refractivity contribution >= 4 is 63.1 Å². The van der Waals surface area contributed by atoms with Gasteiger partial charge in [0.2, 0.25) is 0 Å². The highest BCUT2D eigenvalue weighted by Crippen LogP contribution is 2.11. The Balaban J connectivity index is 0.00000364. The van der Waals surface area contributed by atoms with E-state index in [-0.39, 0.29) is 29.9 Å². The van der Waals surface area contributed by atoms with Crippen LogP contribution in [0.2, 0.25) is 0 Å². The normalized spacial score (nSPS) is 10.9. The minimum Gasteiger partial charge on any atom is -0.356 e. The maximum Gasteiger partial charge on any atom is 0.251 e. The lowest BCUT2D eigenvalue weighted by molar-refractivity contribution is 0.0953. The Morgan fingerprint density at radius 2 is 2.00 bits per heavy atom. The fourth-order valence-corrected chi connectivity index (χ4v) is 3.54. The molecule has 2 rings (SSSR count). The minimum atomic E-state index is -0.0521. The lowest BCUT2D eigenvalue weighted by Crippen LogP contribution is -2.41. The molecule has 27 heavy (non-hydrogen) atoms. The fraction of sp³-hybridized carbons (Fsp3) is 0.368. The number of rotatable bonds is 8. The van der Waals surface area contributed by atoms with E-state index < -0.39 is 0 Å². The highest BCUT2D eigenvalue weighted by atomic mass is 127. The van der Waals surface area contributed by atoms with Crippen molar-refractivity contribution in [2.75, 3.05) is 33.7 Å². The average molecular weight is 565 g/mol. The summed E-state index contributed by atoms with van der Waals surface area (Å²) >= 11 is 5.16. The molecular weight excluding hydrogens is 539 g/mol. The van der Waals surface area contributed by atoms with Gasteiger partial charge in [-0.2, -0.15) is 0 Å². The first kappa shape index (κ1) is 23.9. The first-order chi connectivity index (χ1) is 12.6. The van der Waals surface area contributed by atoms with Crippen molar-refractivity contribution in [3.63, 3.8) is 0 Å². The molecule has 2 N–H and O–H groups in total. The van der Waals surface area contributed by atoms with Gasteiger partial charge >= 0.3 is 0 Å². The molecule has 1 heterocycles. The Kier molecular flexibility index (Phi) is 11.6. The number of aliphatic imine (C=N–C) groups is 1. The van der Waals surface area contributed by atoms with Crippen LogP contribution in [0.25, 0.3) is 0 Å². The summed E-state index contributed by atoms with van der Waals surface area (Å²) in [4.78, 5) is 19.9. The van der Waals surface area contributed by atoms with E-state index in [9.17, 15) is 4.79 Å². The maximum absolute atomic E-state index is 12.1. The highest BCUT2D eigenvalue weighted by Gasteiger charge is 2.07. The molecule has 0 aliphatic heterocycles. The van der Waals surface area contributed by atoms with E-state index in [0.29, 0.717) is 12.1 Å². The molecule has 0 radical (unpaired) electrons. The molecule has 0 fully saturated rings. The third kappa shape index (κ3) is 8.61. The summed E-state index contributed by atoms with van der Waals surface area (Å²) < 4.78 is 0.904. The summed E-state index contributed by atoms with van der Waals surface area (Å²) in [6.45, 7) is 2.29. The van der Waals surface area contributed by atoms with Gasteiger partial charge in [0.25, 0.3) is 5.91 Å². The van der Waals surface area contributed by atoms with Gasteiger partial charge in [0.1, 0.15) is 0 Å². The third-order valence-electron chi connectivity index (χ3n) is 3.86. The van der Waals surface area contributed by atoms with Gasteiger partial charge in [0.05, 0.1) is 0 Å². The van der Waals surface area contributed by atoms with Crippen LogP contribution in [-0.4, -0.2) is 50.5 Å². The molecule has 0 bridgehead atoms. The minimum absolute atomic E-state index is 0. The molecule has 0 spiro atoms. The molecule has 8 heteroatoms. The summed E-state index contributed by atoms with van der Waals surface area (Å²) in [5, 5.41) is 8.38. The van der Waals surface area contributed by atoms with Crippen molar-refractivity contribution < 1.29 is 4.79 Å². The molecular formula is C19H26BrIN4OS. The van der Waals surface area contributed by atoms with E-state index in [2.05, 4.69) is 54.0 Å². The standard InChI is InChI=1S/C19H25BrN4OS.HI/c1-21-19(24(2)12-9-17-8-4-13-26-17)23-11-5-10-22-18(25)15-6-3-7-16(20)14-15;/h3-4,6-8,13-14H,5,9-12H2,1-2H3,(H,21,23)(H,22,25);1H. The Bertz CT molecular complexity index is 724. The van der Waals surface area contributed by atoms with E-state index in [1.807, 2.05) is 31.3 Å². The van der Waals surface area contributed by atoms with Crippen LogP contribution in [0.4, 0.5) is 0 Å². The number of likely N-dealkylation sites (N-methyl/N-ethyl adjacent to an activating group) is 1. The number of guanidine groups is 1. The average Bonchev–Trinajstić information content (AvgIpc) is 3.16. The molecule has 5 nitrogen and oxygen atoms in total. The summed E-state index contributed by atoms with van der Waals surface area (Å²) in [7, 11) is 3.83. The van der Waals surface area contributed by atoms with Crippen LogP contribution in [0.15, 0.2) is 51.2 Å². The van der Waals surface area contributed by atoms with Crippen molar-refractivity contribution in [1.82, 2.24) is 15.5 Å². The third-order valence-corrected chi connectivity index (χ3v) is 5.29. The molecule has 1 aromatic carbocycles.